The van der Waals surface area contributed by atoms with Crippen molar-refractivity contribution in [2.75, 3.05) is 5.43 Å². The fourth-order valence-electron chi connectivity index (χ4n) is 4.71. The van der Waals surface area contributed by atoms with Gasteiger partial charge in [0.05, 0.1) is 0 Å². The lowest BCUT2D eigenvalue weighted by Crippen LogP contribution is -2.25. The molecule has 5 aromatic carbocycles. The Morgan fingerprint density at radius 1 is 0.800 bits per heavy atom. The lowest BCUT2D eigenvalue weighted by Gasteiger charge is -2.20. The topological polar surface area (TPSA) is 98.5 Å². The summed E-state index contributed by atoms with van der Waals surface area (Å²) < 4.78 is 11.6. The molecular weight excluding hydrogens is 504 g/mol. The van der Waals surface area contributed by atoms with Gasteiger partial charge in [0.1, 0.15) is 36.1 Å². The molecule has 0 bridgehead atoms. The molecule has 1 unspecified atom stereocenters. The van der Waals surface area contributed by atoms with Crippen molar-refractivity contribution in [1.82, 2.24) is 15.1 Å². The van der Waals surface area contributed by atoms with Crippen LogP contribution in [0.5, 0.6) is 5.75 Å². The maximum absolute atomic E-state index is 12.6. The lowest BCUT2D eigenvalue weighted by atomic mass is 9.94. The molecule has 6 aromatic rings. The monoisotopic (exact) mass is 530 g/mol. The van der Waals surface area contributed by atoms with Gasteiger partial charge in [-0.05, 0) is 39.2 Å². The highest BCUT2D eigenvalue weighted by Crippen LogP contribution is 2.38. The molecule has 0 radical (unpaired) electrons. The highest BCUT2D eigenvalue weighted by molar-refractivity contribution is 5.90. The summed E-state index contributed by atoms with van der Waals surface area (Å²) in [7, 11) is 0. The fraction of sp³-hybridized carbons (Fsp3) is 0.0938. The Hall–Kier alpha value is -5.21. The molecule has 1 heterocycles. The van der Waals surface area contributed by atoms with E-state index in [1.807, 2.05) is 97.1 Å². The molecule has 2 N–H and O–H groups in total. The van der Waals surface area contributed by atoms with Crippen LogP contribution in [0.1, 0.15) is 28.4 Å². The summed E-state index contributed by atoms with van der Waals surface area (Å²) in [4.78, 5) is 13.9. The van der Waals surface area contributed by atoms with Gasteiger partial charge in [0, 0.05) is 11.1 Å². The van der Waals surface area contributed by atoms with Crippen LogP contribution in [0.2, 0.25) is 0 Å². The molecule has 6 rings (SSSR count). The molecule has 0 spiro atoms. The number of aliphatic hydroxyl groups is 1. The van der Waals surface area contributed by atoms with Gasteiger partial charge in [0.2, 0.25) is 0 Å². The number of carbonyl (C=O) groups excluding carboxylic acids is 1. The van der Waals surface area contributed by atoms with Crippen molar-refractivity contribution in [3.05, 3.63) is 138 Å². The number of nitrogens with zero attached hydrogens (tertiary/aromatic N) is 3. The second-order valence-electron chi connectivity index (χ2n) is 9.27. The van der Waals surface area contributed by atoms with Gasteiger partial charge in [-0.25, -0.2) is 10.2 Å². The minimum Gasteiger partial charge on any atom is -0.488 e. The van der Waals surface area contributed by atoms with E-state index < -0.39 is 12.2 Å². The van der Waals surface area contributed by atoms with Crippen LogP contribution < -0.4 is 10.2 Å². The van der Waals surface area contributed by atoms with Crippen LogP contribution in [0.15, 0.2) is 115 Å². The molecule has 1 amide bonds. The summed E-state index contributed by atoms with van der Waals surface area (Å²) in [5.74, 6) is 0.557. The van der Waals surface area contributed by atoms with E-state index in [0.29, 0.717) is 34.5 Å². The molecule has 0 fully saturated rings. The van der Waals surface area contributed by atoms with Crippen molar-refractivity contribution in [2.24, 2.45) is 0 Å². The molecule has 0 saturated heterocycles. The maximum Gasteiger partial charge on any atom is 0.428 e. The van der Waals surface area contributed by atoms with Crippen molar-refractivity contribution in [1.29, 1.82) is 0 Å². The minimum atomic E-state index is -1.11. The lowest BCUT2D eigenvalue weighted by molar-refractivity contribution is 0.151. The van der Waals surface area contributed by atoms with Crippen LogP contribution in [0.25, 0.3) is 21.8 Å². The van der Waals surface area contributed by atoms with Crippen molar-refractivity contribution < 1.29 is 19.4 Å². The summed E-state index contributed by atoms with van der Waals surface area (Å²) in [6, 6.07) is 36.3. The molecule has 0 aliphatic heterocycles. The smallest absolute Gasteiger partial charge is 0.428 e. The van der Waals surface area contributed by atoms with E-state index in [-0.39, 0.29) is 6.61 Å². The standard InChI is InChI=1S/C32H26N4O4/c37-31(29-25-15-8-7-14-24(25)18-19-28(29)39-20-22-10-3-1-4-11-22)26-16-9-17-27-30(26)36(35-33-27)34-32(38)40-21-23-12-5-2-6-13-23/h1-19,31,37H,20-21H2,(H,34,38). The molecule has 1 aromatic heterocycles. The van der Waals surface area contributed by atoms with E-state index in [9.17, 15) is 9.90 Å². The largest absolute Gasteiger partial charge is 0.488 e. The van der Waals surface area contributed by atoms with Crippen molar-refractivity contribution >= 4 is 27.9 Å². The first kappa shape index (κ1) is 25.1. The van der Waals surface area contributed by atoms with Crippen LogP contribution in [0, 0.1) is 0 Å². The third-order valence-electron chi connectivity index (χ3n) is 6.65. The van der Waals surface area contributed by atoms with E-state index in [1.54, 1.807) is 18.2 Å². The van der Waals surface area contributed by atoms with E-state index in [0.717, 1.165) is 21.9 Å². The number of amides is 1. The number of ether oxygens (including phenoxy) is 2. The molecule has 198 valence electrons. The third kappa shape index (κ3) is 5.21. The Bertz CT molecular complexity index is 1770. The van der Waals surface area contributed by atoms with E-state index in [2.05, 4.69) is 15.7 Å². The zero-order valence-electron chi connectivity index (χ0n) is 21.5. The average Bonchev–Trinajstić information content (AvgIpc) is 3.42. The van der Waals surface area contributed by atoms with Gasteiger partial charge in [-0.3, -0.25) is 0 Å². The second kappa shape index (κ2) is 11.3. The predicted octanol–water partition coefficient (Wildman–Crippen LogP) is 6.13. The Morgan fingerprint density at radius 3 is 2.27 bits per heavy atom. The summed E-state index contributed by atoms with van der Waals surface area (Å²) in [5, 5.41) is 22.0. The van der Waals surface area contributed by atoms with Crippen molar-refractivity contribution in [2.45, 2.75) is 19.3 Å². The van der Waals surface area contributed by atoms with Gasteiger partial charge in [-0.15, -0.1) is 9.89 Å². The number of nitrogens with one attached hydrogen (secondary N) is 1. The minimum absolute atomic E-state index is 0.104. The maximum atomic E-state index is 12.6. The molecule has 0 saturated carbocycles. The van der Waals surface area contributed by atoms with Gasteiger partial charge < -0.3 is 14.6 Å². The summed E-state index contributed by atoms with van der Waals surface area (Å²) in [5.41, 5.74) is 6.57. The molecule has 8 heteroatoms. The number of aromatic nitrogens is 3. The predicted molar refractivity (Wildman–Crippen MR) is 152 cm³/mol. The Balaban J connectivity index is 1.34. The van der Waals surface area contributed by atoms with Crippen LogP contribution in [-0.4, -0.2) is 26.3 Å². The van der Waals surface area contributed by atoms with Gasteiger partial charge >= 0.3 is 6.09 Å². The number of para-hydroxylation sites is 1. The number of fused-ring (bicyclic) bond motifs is 2. The molecule has 0 aliphatic carbocycles. The number of rotatable bonds is 8. The normalized spacial score (nSPS) is 11.8. The number of hydrogen-bond donors (Lipinski definition) is 2. The zero-order valence-corrected chi connectivity index (χ0v) is 21.5. The summed E-state index contributed by atoms with van der Waals surface area (Å²) in [6.07, 6.45) is -1.81. The van der Waals surface area contributed by atoms with Gasteiger partial charge in [-0.2, -0.15) is 0 Å². The zero-order chi connectivity index (χ0) is 27.3. The summed E-state index contributed by atoms with van der Waals surface area (Å²) >= 11 is 0. The van der Waals surface area contributed by atoms with E-state index in [1.165, 1.54) is 4.79 Å². The fourth-order valence-corrected chi connectivity index (χ4v) is 4.71. The van der Waals surface area contributed by atoms with Gasteiger partial charge in [0.25, 0.3) is 0 Å². The number of benzene rings is 5. The number of hydrogen-bond acceptors (Lipinski definition) is 6. The quantitative estimate of drug-likeness (QED) is 0.246. The first-order valence-corrected chi connectivity index (χ1v) is 12.9. The molecule has 8 nitrogen and oxygen atoms in total. The van der Waals surface area contributed by atoms with Crippen LogP contribution in [0.4, 0.5) is 4.79 Å². The van der Waals surface area contributed by atoms with Crippen LogP contribution >= 0.6 is 0 Å². The van der Waals surface area contributed by atoms with Crippen molar-refractivity contribution in [3.8, 4) is 5.75 Å². The van der Waals surface area contributed by atoms with Crippen LogP contribution in [-0.2, 0) is 18.0 Å². The number of carbonyl (C=O) groups is 1. The van der Waals surface area contributed by atoms with Crippen molar-refractivity contribution in [3.63, 3.8) is 0 Å². The Kier molecular flexibility index (Phi) is 7.07. The van der Waals surface area contributed by atoms with E-state index in [4.69, 9.17) is 9.47 Å². The summed E-state index contributed by atoms with van der Waals surface area (Å²) in [6.45, 7) is 0.449. The van der Waals surface area contributed by atoms with Gasteiger partial charge in [-0.1, -0.05) is 103 Å². The SMILES string of the molecule is O=C(Nn1nnc2cccc(C(O)c3c(OCc4ccccc4)ccc4ccccc34)c21)OCc1ccccc1. The Morgan fingerprint density at radius 2 is 1.50 bits per heavy atom. The molecule has 0 aliphatic rings. The third-order valence-corrected chi connectivity index (χ3v) is 6.65. The van der Waals surface area contributed by atoms with E-state index >= 15 is 0 Å². The second-order valence-corrected chi connectivity index (χ2v) is 9.27. The molecular formula is C32H26N4O4. The highest BCUT2D eigenvalue weighted by atomic mass is 16.6. The first-order valence-electron chi connectivity index (χ1n) is 12.9. The highest BCUT2D eigenvalue weighted by Gasteiger charge is 2.24. The molecule has 1 atom stereocenters. The number of aliphatic hydroxyl groups excluding tert-OH is 1. The first-order chi connectivity index (χ1) is 19.7. The Labute approximate surface area is 230 Å². The van der Waals surface area contributed by atoms with Gasteiger partial charge in [0.15, 0.2) is 0 Å². The average molecular weight is 531 g/mol. The van der Waals surface area contributed by atoms with Crippen LogP contribution in [0.3, 0.4) is 0 Å². The molecule has 40 heavy (non-hydrogen) atoms.